The van der Waals surface area contributed by atoms with Crippen molar-refractivity contribution in [1.82, 2.24) is 15.5 Å². The predicted molar refractivity (Wildman–Crippen MR) is 96.5 cm³/mol. The lowest BCUT2D eigenvalue weighted by molar-refractivity contribution is -0.200. The maximum Gasteiger partial charge on any atom is 0.440 e. The van der Waals surface area contributed by atoms with E-state index in [4.69, 9.17) is 0 Å². The number of nitrogens with zero attached hydrogens (tertiary/aromatic N) is 1. The molecule has 0 saturated carbocycles. The zero-order chi connectivity index (χ0) is 21.5. The van der Waals surface area contributed by atoms with Crippen LogP contribution in [0.25, 0.3) is 0 Å². The van der Waals surface area contributed by atoms with Gasteiger partial charge in [0.15, 0.2) is 0 Å². The number of carbonyl (C=O) groups excluding carboxylic acids is 3. The molecule has 28 heavy (non-hydrogen) atoms. The van der Waals surface area contributed by atoms with Crippen molar-refractivity contribution in [3.05, 3.63) is 35.4 Å². The average molecular weight is 399 g/mol. The summed E-state index contributed by atoms with van der Waals surface area (Å²) < 4.78 is 41.4. The zero-order valence-corrected chi connectivity index (χ0v) is 16.4. The lowest BCUT2D eigenvalue weighted by atomic mass is 9.86. The van der Waals surface area contributed by atoms with E-state index < -0.39 is 35.7 Å². The fourth-order valence-corrected chi connectivity index (χ4v) is 2.84. The summed E-state index contributed by atoms with van der Waals surface area (Å²) in [6, 6.07) is 4.09. The fourth-order valence-electron chi connectivity index (χ4n) is 2.84. The Kier molecular flexibility index (Phi) is 5.51. The molecule has 1 fully saturated rings. The molecule has 0 aromatic heterocycles. The number of alkyl halides is 3. The standard InChI is InChI=1S/C19H24F3N3O3/c1-6-11(2)25-15(27)18(19(20,21)22,24-16(25)28)23-14(26)12-7-9-13(10-8-12)17(3,4)5/h7-11H,6H2,1-5H3,(H,23,26)(H,24,28). The van der Waals surface area contributed by atoms with Crippen LogP contribution in [0.3, 0.4) is 0 Å². The van der Waals surface area contributed by atoms with Gasteiger partial charge in [0.2, 0.25) is 0 Å². The van der Waals surface area contributed by atoms with Gasteiger partial charge in [-0.1, -0.05) is 39.8 Å². The highest BCUT2D eigenvalue weighted by Gasteiger charge is 2.69. The fraction of sp³-hybridized carbons (Fsp3) is 0.526. The van der Waals surface area contributed by atoms with Crippen molar-refractivity contribution in [2.24, 2.45) is 0 Å². The molecule has 1 aliphatic rings. The van der Waals surface area contributed by atoms with Crippen LogP contribution in [0, 0.1) is 0 Å². The van der Waals surface area contributed by atoms with Crippen molar-refractivity contribution in [3.8, 4) is 0 Å². The predicted octanol–water partition coefficient (Wildman–Crippen LogP) is 3.32. The van der Waals surface area contributed by atoms with E-state index in [0.717, 1.165) is 5.56 Å². The van der Waals surface area contributed by atoms with Crippen LogP contribution < -0.4 is 10.6 Å². The molecule has 1 saturated heterocycles. The maximum absolute atomic E-state index is 13.8. The van der Waals surface area contributed by atoms with Gasteiger partial charge in [-0.2, -0.15) is 13.2 Å². The van der Waals surface area contributed by atoms with Crippen molar-refractivity contribution in [3.63, 3.8) is 0 Å². The quantitative estimate of drug-likeness (QED) is 0.763. The van der Waals surface area contributed by atoms with Crippen LogP contribution in [-0.4, -0.2) is 40.6 Å². The number of urea groups is 1. The maximum atomic E-state index is 13.8. The summed E-state index contributed by atoms with van der Waals surface area (Å²) in [7, 11) is 0. The summed E-state index contributed by atoms with van der Waals surface area (Å²) in [6.45, 7) is 8.95. The average Bonchev–Trinajstić information content (AvgIpc) is 2.84. The summed E-state index contributed by atoms with van der Waals surface area (Å²) in [5, 5.41) is 3.35. The molecular weight excluding hydrogens is 375 g/mol. The molecular formula is C19H24F3N3O3. The molecule has 0 aliphatic carbocycles. The number of hydrogen-bond donors (Lipinski definition) is 2. The smallest absolute Gasteiger partial charge is 0.314 e. The second kappa shape index (κ2) is 7.10. The van der Waals surface area contributed by atoms with E-state index in [-0.39, 0.29) is 17.4 Å². The van der Waals surface area contributed by atoms with Crippen LogP contribution in [0.1, 0.15) is 57.0 Å². The van der Waals surface area contributed by atoms with Gasteiger partial charge in [-0.3, -0.25) is 19.8 Å². The molecule has 1 aromatic rings. The largest absolute Gasteiger partial charge is 0.440 e. The number of nitrogens with one attached hydrogen (secondary N) is 2. The highest BCUT2D eigenvalue weighted by atomic mass is 19.4. The highest BCUT2D eigenvalue weighted by Crippen LogP contribution is 2.35. The van der Waals surface area contributed by atoms with Gasteiger partial charge in [0.1, 0.15) is 0 Å². The van der Waals surface area contributed by atoms with Crippen LogP contribution in [0.15, 0.2) is 24.3 Å². The Balaban J connectivity index is 2.37. The molecule has 0 spiro atoms. The molecule has 2 rings (SSSR count). The van der Waals surface area contributed by atoms with Gasteiger partial charge in [-0.15, -0.1) is 0 Å². The molecule has 2 atom stereocenters. The molecule has 2 N–H and O–H groups in total. The second-order valence-corrected chi connectivity index (χ2v) is 7.89. The van der Waals surface area contributed by atoms with E-state index in [1.807, 2.05) is 20.8 Å². The molecule has 4 amide bonds. The lowest BCUT2D eigenvalue weighted by Crippen LogP contribution is -2.69. The van der Waals surface area contributed by atoms with Crippen molar-refractivity contribution < 1.29 is 27.6 Å². The third-order valence-electron chi connectivity index (χ3n) is 4.82. The first-order valence-electron chi connectivity index (χ1n) is 8.90. The van der Waals surface area contributed by atoms with Gasteiger partial charge < -0.3 is 5.32 Å². The minimum absolute atomic E-state index is 0.0549. The third kappa shape index (κ3) is 3.70. The highest BCUT2D eigenvalue weighted by molar-refractivity contribution is 6.10. The van der Waals surface area contributed by atoms with Crippen LogP contribution >= 0.6 is 0 Å². The summed E-state index contributed by atoms with van der Waals surface area (Å²) in [6.07, 6.45) is -4.95. The van der Waals surface area contributed by atoms with Crippen LogP contribution in [0.4, 0.5) is 18.0 Å². The number of halogens is 3. The normalized spacial score (nSPS) is 21.5. The molecule has 6 nitrogen and oxygen atoms in total. The Morgan fingerprint density at radius 2 is 1.71 bits per heavy atom. The molecule has 1 heterocycles. The Morgan fingerprint density at radius 3 is 2.14 bits per heavy atom. The number of amides is 4. The van der Waals surface area contributed by atoms with E-state index in [1.165, 1.54) is 19.1 Å². The lowest BCUT2D eigenvalue weighted by Gasteiger charge is -2.30. The Labute approximate surface area is 161 Å². The Bertz CT molecular complexity index is 784. The number of imide groups is 1. The minimum Gasteiger partial charge on any atom is -0.314 e. The van der Waals surface area contributed by atoms with Crippen LogP contribution in [0.2, 0.25) is 0 Å². The summed E-state index contributed by atoms with van der Waals surface area (Å²) >= 11 is 0. The van der Waals surface area contributed by atoms with Gasteiger partial charge in [0, 0.05) is 11.6 Å². The minimum atomic E-state index is -5.22. The summed E-state index contributed by atoms with van der Waals surface area (Å²) in [4.78, 5) is 37.6. The van der Waals surface area contributed by atoms with Crippen molar-refractivity contribution in [2.45, 2.75) is 64.3 Å². The molecule has 9 heteroatoms. The Morgan fingerprint density at radius 1 is 1.18 bits per heavy atom. The number of carbonyl (C=O) groups is 3. The van der Waals surface area contributed by atoms with Crippen molar-refractivity contribution >= 4 is 17.8 Å². The molecule has 2 unspecified atom stereocenters. The first-order valence-corrected chi connectivity index (χ1v) is 8.90. The first-order chi connectivity index (χ1) is 12.7. The van der Waals surface area contributed by atoms with E-state index in [2.05, 4.69) is 0 Å². The van der Waals surface area contributed by atoms with Gasteiger partial charge in [-0.25, -0.2) is 4.79 Å². The topological polar surface area (TPSA) is 78.5 Å². The van der Waals surface area contributed by atoms with Gasteiger partial charge in [-0.05, 0) is 36.5 Å². The molecule has 1 aliphatic heterocycles. The third-order valence-corrected chi connectivity index (χ3v) is 4.82. The monoisotopic (exact) mass is 399 g/mol. The van der Waals surface area contributed by atoms with E-state index in [1.54, 1.807) is 29.7 Å². The van der Waals surface area contributed by atoms with Crippen molar-refractivity contribution in [1.29, 1.82) is 0 Å². The van der Waals surface area contributed by atoms with Crippen LogP contribution in [-0.2, 0) is 10.2 Å². The van der Waals surface area contributed by atoms with Crippen molar-refractivity contribution in [2.75, 3.05) is 0 Å². The van der Waals surface area contributed by atoms with E-state index in [9.17, 15) is 27.6 Å². The molecule has 154 valence electrons. The van der Waals surface area contributed by atoms with Crippen LogP contribution in [0.5, 0.6) is 0 Å². The first kappa shape index (κ1) is 21.7. The summed E-state index contributed by atoms with van der Waals surface area (Å²) in [5.74, 6) is -2.66. The number of hydrogen-bond acceptors (Lipinski definition) is 3. The Hall–Kier alpha value is -2.58. The van der Waals surface area contributed by atoms with Gasteiger partial charge in [0.05, 0.1) is 0 Å². The molecule has 1 aromatic carbocycles. The second-order valence-electron chi connectivity index (χ2n) is 7.89. The summed E-state index contributed by atoms with van der Waals surface area (Å²) in [5.41, 5.74) is -2.86. The van der Waals surface area contributed by atoms with E-state index in [0.29, 0.717) is 4.90 Å². The number of benzene rings is 1. The molecule has 0 radical (unpaired) electrons. The van der Waals surface area contributed by atoms with Gasteiger partial charge in [0.25, 0.3) is 17.5 Å². The zero-order valence-electron chi connectivity index (χ0n) is 16.4. The number of rotatable bonds is 4. The SMILES string of the molecule is CCC(C)N1C(=O)NC(NC(=O)c2ccc(C(C)(C)C)cc2)(C(F)(F)F)C1=O. The van der Waals surface area contributed by atoms with Gasteiger partial charge >= 0.3 is 12.2 Å². The van der Waals surface area contributed by atoms with E-state index >= 15 is 0 Å². The molecule has 0 bridgehead atoms.